The molecule has 4 rings (SSSR count). The van der Waals surface area contributed by atoms with Gasteiger partial charge in [0.15, 0.2) is 0 Å². The molecule has 2 aliphatic rings. The van der Waals surface area contributed by atoms with Gasteiger partial charge in [-0.2, -0.15) is 0 Å². The number of nitrogens with two attached hydrogens (primary N) is 2. The molecule has 4 N–H and O–H groups in total. The molecule has 160 valence electrons. The predicted molar refractivity (Wildman–Crippen MR) is 103 cm³/mol. The summed E-state index contributed by atoms with van der Waals surface area (Å²) in [4.78, 5) is 7.98. The minimum atomic E-state index is -0.859. The Bertz CT molecular complexity index is 948. The molecule has 0 bridgehead atoms. The monoisotopic (exact) mass is 424 g/mol. The van der Waals surface area contributed by atoms with Crippen LogP contribution in [0.15, 0.2) is 46.4 Å². The molecule has 2 atom stereocenters. The van der Waals surface area contributed by atoms with Gasteiger partial charge in [0.25, 0.3) is 12.0 Å². The molecule has 0 saturated heterocycles. The van der Waals surface area contributed by atoms with Gasteiger partial charge in [-0.25, -0.2) is 27.5 Å². The minimum absolute atomic E-state index is 0.0289. The summed E-state index contributed by atoms with van der Waals surface area (Å²) in [6, 6.07) is 6.80. The Morgan fingerprint density at radius 1 is 0.733 bits per heavy atom. The van der Waals surface area contributed by atoms with Crippen molar-refractivity contribution in [2.45, 2.75) is 24.9 Å². The molecule has 0 radical (unpaired) electrons. The lowest BCUT2D eigenvalue weighted by Crippen LogP contribution is -2.22. The van der Waals surface area contributed by atoms with Gasteiger partial charge >= 0.3 is 0 Å². The fourth-order valence-electron chi connectivity index (χ4n) is 3.17. The third-order valence-electron chi connectivity index (χ3n) is 4.74. The molecule has 2 aromatic rings. The van der Waals surface area contributed by atoms with Crippen LogP contribution < -0.4 is 11.5 Å². The zero-order valence-electron chi connectivity index (χ0n) is 16.3. The first-order valence-electron chi connectivity index (χ1n) is 8.90. The zero-order valence-corrected chi connectivity index (χ0v) is 16.3. The Morgan fingerprint density at radius 2 is 1.10 bits per heavy atom. The highest BCUT2D eigenvalue weighted by atomic mass is 19.1. The standard InChI is InChI=1S/2C10H10F2N2O/c2*1-10(5-15-9(13)14-10)7-3-2-6(11)4-8(7)12/h2*2-4H,5H2,1H3,(H2,13,14)/t10-;/m1./s1. The number of ether oxygens (including phenoxy) is 2. The fourth-order valence-corrected chi connectivity index (χ4v) is 3.17. The smallest absolute Gasteiger partial charge is 0.283 e. The Balaban J connectivity index is 0.000000171. The molecule has 0 aromatic heterocycles. The molecule has 10 heteroatoms. The van der Waals surface area contributed by atoms with E-state index in [0.717, 1.165) is 12.1 Å². The van der Waals surface area contributed by atoms with Gasteiger partial charge in [-0.3, -0.25) is 0 Å². The highest BCUT2D eigenvalue weighted by Crippen LogP contribution is 2.32. The number of hydrogen-bond acceptors (Lipinski definition) is 6. The van der Waals surface area contributed by atoms with Gasteiger partial charge in [0.2, 0.25) is 0 Å². The van der Waals surface area contributed by atoms with Gasteiger partial charge in [-0.1, -0.05) is 12.1 Å². The maximum absolute atomic E-state index is 13.5. The lowest BCUT2D eigenvalue weighted by molar-refractivity contribution is 0.262. The van der Waals surface area contributed by atoms with E-state index in [2.05, 4.69) is 9.98 Å². The van der Waals surface area contributed by atoms with Crippen LogP contribution in [0.2, 0.25) is 0 Å². The van der Waals surface area contributed by atoms with Crippen molar-refractivity contribution in [3.05, 3.63) is 70.8 Å². The van der Waals surface area contributed by atoms with E-state index in [1.165, 1.54) is 24.3 Å². The number of nitrogens with zero attached hydrogens (tertiary/aromatic N) is 2. The van der Waals surface area contributed by atoms with Crippen molar-refractivity contribution in [2.24, 2.45) is 21.5 Å². The summed E-state index contributed by atoms with van der Waals surface area (Å²) in [7, 11) is 0. The van der Waals surface area contributed by atoms with Crippen molar-refractivity contribution in [1.82, 2.24) is 0 Å². The topological polar surface area (TPSA) is 95.2 Å². The van der Waals surface area contributed by atoms with Crippen LogP contribution in [0.1, 0.15) is 25.0 Å². The Morgan fingerprint density at radius 3 is 1.37 bits per heavy atom. The summed E-state index contributed by atoms with van der Waals surface area (Å²) in [6.07, 6.45) is 0. The van der Waals surface area contributed by atoms with Gasteiger partial charge in [0, 0.05) is 23.3 Å². The second-order valence-electron chi connectivity index (χ2n) is 7.27. The summed E-state index contributed by atoms with van der Waals surface area (Å²) < 4.78 is 62.3. The molecule has 2 aliphatic heterocycles. The van der Waals surface area contributed by atoms with Crippen molar-refractivity contribution in [2.75, 3.05) is 13.2 Å². The highest BCUT2D eigenvalue weighted by molar-refractivity contribution is 5.74. The second-order valence-corrected chi connectivity index (χ2v) is 7.27. The summed E-state index contributed by atoms with van der Waals surface area (Å²) in [5, 5.41) is 0. The summed E-state index contributed by atoms with van der Waals surface area (Å²) in [6.45, 7) is 3.70. The third kappa shape index (κ3) is 4.32. The predicted octanol–water partition coefficient (Wildman–Crippen LogP) is 3.05. The van der Waals surface area contributed by atoms with Crippen LogP contribution in [0.4, 0.5) is 17.6 Å². The summed E-state index contributed by atoms with van der Waals surface area (Å²) in [5.41, 5.74) is 9.56. The van der Waals surface area contributed by atoms with Crippen LogP contribution in [0, 0.1) is 23.3 Å². The van der Waals surface area contributed by atoms with Crippen LogP contribution >= 0.6 is 0 Å². The maximum Gasteiger partial charge on any atom is 0.283 e. The van der Waals surface area contributed by atoms with E-state index < -0.39 is 34.3 Å². The first-order valence-corrected chi connectivity index (χ1v) is 8.90. The van der Waals surface area contributed by atoms with E-state index in [1.807, 2.05) is 0 Å². The van der Waals surface area contributed by atoms with Gasteiger partial charge in [-0.15, -0.1) is 0 Å². The number of amidine groups is 2. The minimum Gasteiger partial charge on any atom is -0.462 e. The van der Waals surface area contributed by atoms with Crippen LogP contribution in [0.5, 0.6) is 0 Å². The van der Waals surface area contributed by atoms with Crippen molar-refractivity contribution >= 4 is 12.0 Å². The Hall–Kier alpha value is -3.30. The van der Waals surface area contributed by atoms with Gasteiger partial charge in [0.05, 0.1) is 0 Å². The van der Waals surface area contributed by atoms with Crippen LogP contribution in [-0.4, -0.2) is 25.3 Å². The third-order valence-corrected chi connectivity index (χ3v) is 4.74. The van der Waals surface area contributed by atoms with Crippen molar-refractivity contribution in [3.8, 4) is 0 Å². The molecule has 30 heavy (non-hydrogen) atoms. The number of halogens is 4. The van der Waals surface area contributed by atoms with E-state index in [-0.39, 0.29) is 36.4 Å². The molecule has 0 amide bonds. The van der Waals surface area contributed by atoms with Crippen LogP contribution in [-0.2, 0) is 20.6 Å². The van der Waals surface area contributed by atoms with Crippen LogP contribution in [0.25, 0.3) is 0 Å². The van der Waals surface area contributed by atoms with E-state index in [9.17, 15) is 17.6 Å². The largest absolute Gasteiger partial charge is 0.462 e. The number of hydrogen-bond donors (Lipinski definition) is 2. The summed E-state index contributed by atoms with van der Waals surface area (Å²) in [5.74, 6) is -2.51. The van der Waals surface area contributed by atoms with Gasteiger partial charge in [-0.05, 0) is 26.0 Å². The second kappa shape index (κ2) is 7.85. The molecule has 0 saturated carbocycles. The average molecular weight is 424 g/mol. The van der Waals surface area contributed by atoms with Crippen molar-refractivity contribution in [1.29, 1.82) is 0 Å². The average Bonchev–Trinajstić information content (AvgIpc) is 3.17. The number of aliphatic imine (C=N–C) groups is 2. The lowest BCUT2D eigenvalue weighted by atomic mass is 9.93. The molecular formula is C20H20F4N4O2. The van der Waals surface area contributed by atoms with E-state index in [4.69, 9.17) is 20.9 Å². The Labute approximate surface area is 170 Å². The molecule has 6 nitrogen and oxygen atoms in total. The van der Waals surface area contributed by atoms with E-state index >= 15 is 0 Å². The highest BCUT2D eigenvalue weighted by Gasteiger charge is 2.36. The van der Waals surface area contributed by atoms with E-state index in [0.29, 0.717) is 0 Å². The van der Waals surface area contributed by atoms with Crippen molar-refractivity contribution < 1.29 is 27.0 Å². The van der Waals surface area contributed by atoms with Gasteiger partial charge in [0.1, 0.15) is 47.6 Å². The quantitative estimate of drug-likeness (QED) is 0.725. The fraction of sp³-hybridized carbons (Fsp3) is 0.300. The maximum atomic E-state index is 13.5. The van der Waals surface area contributed by atoms with Gasteiger partial charge < -0.3 is 20.9 Å². The SMILES string of the molecule is CC1(c2ccc(F)cc2F)COC(N)=N1.C[C@]1(c2ccc(F)cc2F)COC(N)=N1. The number of benzene rings is 2. The molecule has 1 unspecified atom stereocenters. The van der Waals surface area contributed by atoms with Crippen molar-refractivity contribution in [3.63, 3.8) is 0 Å². The summed E-state index contributed by atoms with van der Waals surface area (Å²) >= 11 is 0. The molecule has 2 heterocycles. The van der Waals surface area contributed by atoms with Crippen LogP contribution in [0.3, 0.4) is 0 Å². The molecular weight excluding hydrogens is 404 g/mol. The molecule has 0 fully saturated rings. The first-order chi connectivity index (χ1) is 14.0. The normalized spacial score (nSPS) is 24.9. The lowest BCUT2D eigenvalue weighted by Gasteiger charge is -2.19. The molecule has 2 aromatic carbocycles. The first kappa shape index (κ1) is 21.4. The number of rotatable bonds is 2. The molecule has 0 spiro atoms. The zero-order chi connectivity index (χ0) is 22.1. The molecule has 0 aliphatic carbocycles. The Kier molecular flexibility index (Phi) is 5.60. The van der Waals surface area contributed by atoms with E-state index in [1.54, 1.807) is 13.8 Å².